The van der Waals surface area contributed by atoms with Gasteiger partial charge in [-0.15, -0.1) is 0 Å². The van der Waals surface area contributed by atoms with Gasteiger partial charge in [0, 0.05) is 44.6 Å². The highest BCUT2D eigenvalue weighted by molar-refractivity contribution is 7.98. The van der Waals surface area contributed by atoms with Gasteiger partial charge in [0.2, 0.25) is 0 Å². The standard InChI is InChI=1S/C19H24N4OS/c1-14-4-6-16(7-5-14)15(2)22-8-10-23(11-9-22)18(24)17-12-20-19(25-3)21-13-17/h4-7,12-13,15H,8-11H2,1-3H3. The van der Waals surface area contributed by atoms with E-state index < -0.39 is 0 Å². The number of benzene rings is 1. The van der Waals surface area contributed by atoms with Gasteiger partial charge in [-0.3, -0.25) is 9.69 Å². The second-order valence-electron chi connectivity index (χ2n) is 6.37. The fourth-order valence-electron chi connectivity index (χ4n) is 3.08. The van der Waals surface area contributed by atoms with Crippen LogP contribution >= 0.6 is 11.8 Å². The van der Waals surface area contributed by atoms with E-state index in [4.69, 9.17) is 0 Å². The van der Waals surface area contributed by atoms with Crippen molar-refractivity contribution < 1.29 is 4.79 Å². The quantitative estimate of drug-likeness (QED) is 0.622. The van der Waals surface area contributed by atoms with Crippen LogP contribution in [-0.2, 0) is 0 Å². The number of amides is 1. The van der Waals surface area contributed by atoms with Crippen molar-refractivity contribution in [2.75, 3.05) is 32.4 Å². The molecule has 0 saturated carbocycles. The van der Waals surface area contributed by atoms with E-state index in [-0.39, 0.29) is 5.91 Å². The molecule has 2 aromatic rings. The van der Waals surface area contributed by atoms with Gasteiger partial charge in [0.25, 0.3) is 5.91 Å². The molecule has 1 aliphatic rings. The predicted octanol–water partition coefficient (Wildman–Crippen LogP) is 3.03. The van der Waals surface area contributed by atoms with Crippen LogP contribution in [0.15, 0.2) is 41.8 Å². The molecule has 0 spiro atoms. The molecule has 2 heterocycles. The Bertz CT molecular complexity index is 709. The summed E-state index contributed by atoms with van der Waals surface area (Å²) in [5.41, 5.74) is 3.17. The smallest absolute Gasteiger partial charge is 0.257 e. The number of thioether (sulfide) groups is 1. The summed E-state index contributed by atoms with van der Waals surface area (Å²) in [7, 11) is 0. The molecule has 1 atom stereocenters. The lowest BCUT2D eigenvalue weighted by molar-refractivity contribution is 0.0581. The lowest BCUT2D eigenvalue weighted by atomic mass is 10.0. The van der Waals surface area contributed by atoms with Crippen LogP contribution in [0.25, 0.3) is 0 Å². The molecule has 0 N–H and O–H groups in total. The Morgan fingerprint density at radius 3 is 2.24 bits per heavy atom. The van der Waals surface area contributed by atoms with Gasteiger partial charge in [0.15, 0.2) is 5.16 Å². The Labute approximate surface area is 153 Å². The minimum atomic E-state index is 0.0234. The summed E-state index contributed by atoms with van der Waals surface area (Å²) in [5.74, 6) is 0.0234. The number of nitrogens with zero attached hydrogens (tertiary/aromatic N) is 4. The minimum absolute atomic E-state index is 0.0234. The van der Waals surface area contributed by atoms with Crippen LogP contribution in [-0.4, -0.2) is 58.1 Å². The van der Waals surface area contributed by atoms with Gasteiger partial charge in [-0.25, -0.2) is 9.97 Å². The van der Waals surface area contributed by atoms with Crippen molar-refractivity contribution in [2.24, 2.45) is 0 Å². The second-order valence-corrected chi connectivity index (χ2v) is 7.15. The van der Waals surface area contributed by atoms with Crippen LogP contribution in [0.5, 0.6) is 0 Å². The Morgan fingerprint density at radius 1 is 1.08 bits per heavy atom. The van der Waals surface area contributed by atoms with Crippen LogP contribution < -0.4 is 0 Å². The third-order valence-corrected chi connectivity index (χ3v) is 5.34. The number of carbonyl (C=O) groups excluding carboxylic acids is 1. The molecule has 0 bridgehead atoms. The molecular formula is C19H24N4OS. The largest absolute Gasteiger partial charge is 0.336 e. The first-order valence-corrected chi connectivity index (χ1v) is 9.77. The lowest BCUT2D eigenvalue weighted by Crippen LogP contribution is -2.49. The number of aromatic nitrogens is 2. The van der Waals surface area contributed by atoms with Gasteiger partial charge in [-0.2, -0.15) is 0 Å². The van der Waals surface area contributed by atoms with Crippen LogP contribution in [0.4, 0.5) is 0 Å². The molecule has 5 nitrogen and oxygen atoms in total. The second kappa shape index (κ2) is 7.97. The molecule has 0 aliphatic carbocycles. The van der Waals surface area contributed by atoms with Gasteiger partial charge < -0.3 is 4.90 Å². The molecular weight excluding hydrogens is 332 g/mol. The zero-order valence-corrected chi connectivity index (χ0v) is 15.8. The van der Waals surface area contributed by atoms with E-state index in [1.807, 2.05) is 11.2 Å². The molecule has 0 radical (unpaired) electrons. The van der Waals surface area contributed by atoms with E-state index in [0.29, 0.717) is 16.8 Å². The van der Waals surface area contributed by atoms with E-state index in [0.717, 1.165) is 26.2 Å². The topological polar surface area (TPSA) is 49.3 Å². The fourth-order valence-corrected chi connectivity index (χ4v) is 3.40. The first-order chi connectivity index (χ1) is 12.1. The summed E-state index contributed by atoms with van der Waals surface area (Å²) in [6.45, 7) is 7.57. The van der Waals surface area contributed by atoms with Gasteiger partial charge in [0.05, 0.1) is 5.56 Å². The highest BCUT2D eigenvalue weighted by atomic mass is 32.2. The van der Waals surface area contributed by atoms with Gasteiger partial charge in [0.1, 0.15) is 0 Å². The monoisotopic (exact) mass is 356 g/mol. The third kappa shape index (κ3) is 4.19. The summed E-state index contributed by atoms with van der Waals surface area (Å²) in [4.78, 5) is 25.3. The van der Waals surface area contributed by atoms with Crippen molar-refractivity contribution in [3.8, 4) is 0 Å². The van der Waals surface area contributed by atoms with Crippen LogP contribution in [0.1, 0.15) is 34.5 Å². The minimum Gasteiger partial charge on any atom is -0.336 e. The SMILES string of the molecule is CSc1ncc(C(=O)N2CCN(C(C)c3ccc(C)cc3)CC2)cn1. The summed E-state index contributed by atoms with van der Waals surface area (Å²) >= 11 is 1.47. The molecule has 6 heteroatoms. The Morgan fingerprint density at radius 2 is 1.68 bits per heavy atom. The van der Waals surface area contributed by atoms with Crippen LogP contribution in [0.2, 0.25) is 0 Å². The van der Waals surface area contributed by atoms with E-state index in [1.54, 1.807) is 12.4 Å². The highest BCUT2D eigenvalue weighted by Crippen LogP contribution is 2.22. The number of piperazine rings is 1. The molecule has 1 saturated heterocycles. The molecule has 3 rings (SSSR count). The van der Waals surface area contributed by atoms with Crippen molar-refractivity contribution >= 4 is 17.7 Å². The van der Waals surface area contributed by atoms with E-state index in [1.165, 1.54) is 22.9 Å². The molecule has 1 aliphatic heterocycles. The van der Waals surface area contributed by atoms with Crippen molar-refractivity contribution in [2.45, 2.75) is 25.0 Å². The van der Waals surface area contributed by atoms with E-state index in [2.05, 4.69) is 53.0 Å². The number of carbonyl (C=O) groups is 1. The average molecular weight is 356 g/mol. The number of hydrogen-bond donors (Lipinski definition) is 0. The van der Waals surface area contributed by atoms with Gasteiger partial charge in [-0.1, -0.05) is 41.6 Å². The maximum atomic E-state index is 12.6. The molecule has 1 aromatic heterocycles. The fraction of sp³-hybridized carbons (Fsp3) is 0.421. The van der Waals surface area contributed by atoms with Gasteiger partial charge in [-0.05, 0) is 25.7 Å². The summed E-state index contributed by atoms with van der Waals surface area (Å²) in [5, 5.41) is 0.688. The molecule has 1 aromatic carbocycles. The average Bonchev–Trinajstić information content (AvgIpc) is 2.67. The molecule has 1 fully saturated rings. The normalized spacial score (nSPS) is 16.7. The number of hydrogen-bond acceptors (Lipinski definition) is 5. The van der Waals surface area contributed by atoms with Gasteiger partial charge >= 0.3 is 0 Å². The van der Waals surface area contributed by atoms with Crippen molar-refractivity contribution in [3.63, 3.8) is 0 Å². The van der Waals surface area contributed by atoms with E-state index >= 15 is 0 Å². The Kier molecular flexibility index (Phi) is 5.71. The van der Waals surface area contributed by atoms with Crippen molar-refractivity contribution in [1.29, 1.82) is 0 Å². The zero-order chi connectivity index (χ0) is 17.8. The number of aryl methyl sites for hydroxylation is 1. The van der Waals surface area contributed by atoms with Crippen LogP contribution in [0, 0.1) is 6.92 Å². The number of rotatable bonds is 4. The Balaban J connectivity index is 1.59. The molecule has 1 unspecified atom stereocenters. The Hall–Kier alpha value is -1.92. The predicted molar refractivity (Wildman–Crippen MR) is 101 cm³/mol. The first kappa shape index (κ1) is 17.9. The van der Waals surface area contributed by atoms with Crippen molar-refractivity contribution in [3.05, 3.63) is 53.3 Å². The van der Waals surface area contributed by atoms with Crippen molar-refractivity contribution in [1.82, 2.24) is 19.8 Å². The molecule has 132 valence electrons. The molecule has 1 amide bonds. The summed E-state index contributed by atoms with van der Waals surface area (Å²) < 4.78 is 0. The first-order valence-electron chi connectivity index (χ1n) is 8.54. The zero-order valence-electron chi connectivity index (χ0n) is 15.0. The maximum Gasteiger partial charge on any atom is 0.257 e. The molecule has 25 heavy (non-hydrogen) atoms. The van der Waals surface area contributed by atoms with E-state index in [9.17, 15) is 4.79 Å². The third-order valence-electron chi connectivity index (χ3n) is 4.77. The maximum absolute atomic E-state index is 12.6. The lowest BCUT2D eigenvalue weighted by Gasteiger charge is -2.38. The summed E-state index contributed by atoms with van der Waals surface area (Å²) in [6.07, 6.45) is 5.18. The highest BCUT2D eigenvalue weighted by Gasteiger charge is 2.25. The summed E-state index contributed by atoms with van der Waals surface area (Å²) in [6, 6.07) is 9.07. The van der Waals surface area contributed by atoms with Crippen LogP contribution in [0.3, 0.4) is 0 Å².